The molecule has 0 aliphatic rings. The smallest absolute Gasteiger partial charge is 0.375 e. The average molecular weight is 180 g/mol. The van der Waals surface area contributed by atoms with E-state index in [1.165, 1.54) is 12.1 Å². The monoisotopic (exact) mass is 180 g/mol. The lowest BCUT2D eigenvalue weighted by atomic mass is 10.1. The fourth-order valence-electron chi connectivity index (χ4n) is 0.904. The number of carboxylic acid groups (broad SMARTS) is 1. The first-order valence-corrected chi connectivity index (χ1v) is 3.63. The van der Waals surface area contributed by atoms with Crippen LogP contribution in [-0.2, 0) is 9.59 Å². The molecule has 13 heavy (non-hydrogen) atoms. The first-order chi connectivity index (χ1) is 6.13. The van der Waals surface area contributed by atoms with Gasteiger partial charge >= 0.3 is 5.97 Å². The number of benzene rings is 1. The van der Waals surface area contributed by atoms with Crippen molar-refractivity contribution < 1.29 is 19.8 Å². The Morgan fingerprint density at radius 3 is 2.15 bits per heavy atom. The van der Waals surface area contributed by atoms with Gasteiger partial charge in [0, 0.05) is 0 Å². The van der Waals surface area contributed by atoms with Gasteiger partial charge in [-0.1, -0.05) is 30.3 Å². The molecule has 0 radical (unpaired) electrons. The number of aliphatic hydroxyl groups excluding tert-OH is 1. The maximum absolute atomic E-state index is 10.8. The minimum atomic E-state index is -1.63. The second-order valence-electron chi connectivity index (χ2n) is 2.48. The topological polar surface area (TPSA) is 74.6 Å². The van der Waals surface area contributed by atoms with Gasteiger partial charge in [-0.2, -0.15) is 0 Å². The van der Waals surface area contributed by atoms with E-state index in [1.54, 1.807) is 18.2 Å². The SMILES string of the molecule is O=C(O)C(=O)[C@@H](O)c1ccccc1. The highest BCUT2D eigenvalue weighted by Gasteiger charge is 2.23. The number of aliphatic hydroxyl groups is 1. The fourth-order valence-corrected chi connectivity index (χ4v) is 0.904. The Balaban J connectivity index is 2.86. The number of ketones is 1. The van der Waals surface area contributed by atoms with Gasteiger partial charge in [0.15, 0.2) is 0 Å². The van der Waals surface area contributed by atoms with Crippen molar-refractivity contribution in [2.24, 2.45) is 0 Å². The number of carbonyl (C=O) groups excluding carboxylic acids is 1. The molecule has 0 aliphatic heterocycles. The molecule has 1 aromatic rings. The van der Waals surface area contributed by atoms with Gasteiger partial charge in [-0.05, 0) is 5.56 Å². The Morgan fingerprint density at radius 1 is 1.15 bits per heavy atom. The standard InChI is InChI=1S/C9H8O4/c10-7(8(11)9(12)13)6-4-2-1-3-5-6/h1-5,7,10H,(H,12,13)/t7-/m0/s1. The molecule has 68 valence electrons. The van der Waals surface area contributed by atoms with Gasteiger partial charge < -0.3 is 10.2 Å². The van der Waals surface area contributed by atoms with E-state index in [-0.39, 0.29) is 5.56 Å². The van der Waals surface area contributed by atoms with Crippen molar-refractivity contribution in [3.63, 3.8) is 0 Å². The number of Topliss-reactive ketones (excluding diaryl/α,β-unsaturated/α-hetero) is 1. The Morgan fingerprint density at radius 2 is 1.69 bits per heavy atom. The van der Waals surface area contributed by atoms with Gasteiger partial charge in [-0.3, -0.25) is 4.79 Å². The average Bonchev–Trinajstić information content (AvgIpc) is 2.17. The van der Waals surface area contributed by atoms with Gasteiger partial charge in [0.05, 0.1) is 0 Å². The third-order valence-corrected chi connectivity index (χ3v) is 1.57. The van der Waals surface area contributed by atoms with Crippen LogP contribution in [0, 0.1) is 0 Å². The quantitative estimate of drug-likeness (QED) is 0.659. The molecule has 4 nitrogen and oxygen atoms in total. The van der Waals surface area contributed by atoms with Crippen LogP contribution in [0.3, 0.4) is 0 Å². The molecule has 1 atom stereocenters. The summed E-state index contributed by atoms with van der Waals surface area (Å²) < 4.78 is 0. The van der Waals surface area contributed by atoms with Crippen LogP contribution < -0.4 is 0 Å². The summed E-state index contributed by atoms with van der Waals surface area (Å²) in [7, 11) is 0. The normalized spacial score (nSPS) is 12.1. The minimum Gasteiger partial charge on any atom is -0.475 e. The Kier molecular flexibility index (Phi) is 2.76. The van der Waals surface area contributed by atoms with Gasteiger partial charge in [0.2, 0.25) is 0 Å². The van der Waals surface area contributed by atoms with E-state index >= 15 is 0 Å². The minimum absolute atomic E-state index is 0.287. The highest BCUT2D eigenvalue weighted by molar-refractivity contribution is 6.34. The third-order valence-electron chi connectivity index (χ3n) is 1.57. The maximum atomic E-state index is 10.8. The molecule has 0 amide bonds. The molecule has 1 rings (SSSR count). The molecule has 0 unspecified atom stereocenters. The van der Waals surface area contributed by atoms with E-state index < -0.39 is 17.9 Å². The van der Waals surface area contributed by atoms with Crippen LogP contribution in [0.1, 0.15) is 11.7 Å². The Labute approximate surface area is 74.4 Å². The lowest BCUT2D eigenvalue weighted by Gasteiger charge is -2.05. The zero-order valence-electron chi connectivity index (χ0n) is 6.68. The molecule has 2 N–H and O–H groups in total. The van der Waals surface area contributed by atoms with E-state index in [9.17, 15) is 14.7 Å². The summed E-state index contributed by atoms with van der Waals surface area (Å²) in [5.74, 6) is -2.84. The molecule has 0 spiro atoms. The lowest BCUT2D eigenvalue weighted by molar-refractivity contribution is -0.153. The van der Waals surface area contributed by atoms with Gasteiger partial charge in [0.1, 0.15) is 6.10 Å². The van der Waals surface area contributed by atoms with Crippen LogP contribution in [0.25, 0.3) is 0 Å². The van der Waals surface area contributed by atoms with Crippen molar-refractivity contribution in [3.8, 4) is 0 Å². The van der Waals surface area contributed by atoms with Crippen molar-refractivity contribution in [1.82, 2.24) is 0 Å². The number of rotatable bonds is 3. The number of hydrogen-bond donors (Lipinski definition) is 2. The number of carbonyl (C=O) groups is 2. The van der Waals surface area contributed by atoms with Gasteiger partial charge in [0.25, 0.3) is 5.78 Å². The van der Waals surface area contributed by atoms with Crippen molar-refractivity contribution in [3.05, 3.63) is 35.9 Å². The summed E-state index contributed by atoms with van der Waals surface area (Å²) in [5.41, 5.74) is 0.287. The first kappa shape index (κ1) is 9.41. The second kappa shape index (κ2) is 3.82. The van der Waals surface area contributed by atoms with Crippen LogP contribution in [-0.4, -0.2) is 22.0 Å². The lowest BCUT2D eigenvalue weighted by Crippen LogP contribution is -2.21. The molecule has 0 fully saturated rings. The molecule has 1 aromatic carbocycles. The summed E-state index contributed by atoms with van der Waals surface area (Å²) in [4.78, 5) is 21.0. The summed E-state index contributed by atoms with van der Waals surface area (Å²) in [5, 5.41) is 17.5. The van der Waals surface area contributed by atoms with E-state index in [2.05, 4.69) is 0 Å². The molecule has 0 heterocycles. The van der Waals surface area contributed by atoms with E-state index in [1.807, 2.05) is 0 Å². The Bertz CT molecular complexity index is 318. The van der Waals surface area contributed by atoms with E-state index in [0.29, 0.717) is 0 Å². The van der Waals surface area contributed by atoms with Crippen LogP contribution in [0.2, 0.25) is 0 Å². The zero-order valence-corrected chi connectivity index (χ0v) is 6.68. The third kappa shape index (κ3) is 2.13. The number of carboxylic acids is 1. The van der Waals surface area contributed by atoms with Crippen molar-refractivity contribution in [1.29, 1.82) is 0 Å². The maximum Gasteiger partial charge on any atom is 0.375 e. The van der Waals surface area contributed by atoms with Crippen LogP contribution in [0.4, 0.5) is 0 Å². The van der Waals surface area contributed by atoms with Crippen LogP contribution in [0.15, 0.2) is 30.3 Å². The number of hydrogen-bond acceptors (Lipinski definition) is 3. The second-order valence-corrected chi connectivity index (χ2v) is 2.48. The van der Waals surface area contributed by atoms with Crippen molar-refractivity contribution >= 4 is 11.8 Å². The fraction of sp³-hybridized carbons (Fsp3) is 0.111. The molecular formula is C9H8O4. The summed E-state index contributed by atoms with van der Waals surface area (Å²) >= 11 is 0. The zero-order chi connectivity index (χ0) is 9.84. The molecular weight excluding hydrogens is 172 g/mol. The molecule has 0 saturated heterocycles. The highest BCUT2D eigenvalue weighted by Crippen LogP contribution is 2.12. The van der Waals surface area contributed by atoms with Crippen molar-refractivity contribution in [2.45, 2.75) is 6.10 Å². The Hall–Kier alpha value is -1.68. The highest BCUT2D eigenvalue weighted by atomic mass is 16.4. The molecule has 0 bridgehead atoms. The molecule has 0 saturated carbocycles. The van der Waals surface area contributed by atoms with E-state index in [4.69, 9.17) is 5.11 Å². The molecule has 0 aliphatic carbocycles. The van der Waals surface area contributed by atoms with Crippen molar-refractivity contribution in [2.75, 3.05) is 0 Å². The van der Waals surface area contributed by atoms with Crippen LogP contribution >= 0.6 is 0 Å². The van der Waals surface area contributed by atoms with Gasteiger partial charge in [-0.25, -0.2) is 4.79 Å². The molecule has 0 aromatic heterocycles. The molecule has 4 heteroatoms. The van der Waals surface area contributed by atoms with Crippen LogP contribution in [0.5, 0.6) is 0 Å². The predicted molar refractivity (Wildman–Crippen MR) is 44.0 cm³/mol. The predicted octanol–water partition coefficient (Wildman–Crippen LogP) is 0.374. The first-order valence-electron chi connectivity index (χ1n) is 3.63. The van der Waals surface area contributed by atoms with Gasteiger partial charge in [-0.15, -0.1) is 0 Å². The number of aliphatic carboxylic acids is 1. The summed E-state index contributed by atoms with van der Waals surface area (Å²) in [6.45, 7) is 0. The summed E-state index contributed by atoms with van der Waals surface area (Å²) in [6.07, 6.45) is -1.57. The summed E-state index contributed by atoms with van der Waals surface area (Å²) in [6, 6.07) is 7.93. The van der Waals surface area contributed by atoms with E-state index in [0.717, 1.165) is 0 Å². The largest absolute Gasteiger partial charge is 0.475 e.